The Hall–Kier alpha value is -1.75. The highest BCUT2D eigenvalue weighted by Crippen LogP contribution is 2.43. The third-order valence-electron chi connectivity index (χ3n) is 5.38. The van der Waals surface area contributed by atoms with E-state index in [1.54, 1.807) is 0 Å². The fraction of sp³-hybridized carbons (Fsp3) is 0.550. The maximum Gasteiger partial charge on any atom is 0.261 e. The van der Waals surface area contributed by atoms with E-state index in [1.807, 2.05) is 43.0 Å². The van der Waals surface area contributed by atoms with E-state index in [0.717, 1.165) is 56.2 Å². The van der Waals surface area contributed by atoms with Gasteiger partial charge >= 0.3 is 0 Å². The summed E-state index contributed by atoms with van der Waals surface area (Å²) in [6.07, 6.45) is 6.72. The summed E-state index contributed by atoms with van der Waals surface area (Å²) in [5.74, 6) is -0.268. The Balaban J connectivity index is 2.01. The molecule has 0 aromatic heterocycles. The van der Waals surface area contributed by atoms with Crippen LogP contribution >= 0.6 is 12.2 Å². The van der Waals surface area contributed by atoms with Crippen LogP contribution in [0.3, 0.4) is 0 Å². The number of benzene rings is 1. The van der Waals surface area contributed by atoms with Gasteiger partial charge in [0.25, 0.3) is 5.91 Å². The summed E-state index contributed by atoms with van der Waals surface area (Å²) in [7, 11) is 0. The molecular formula is C20H26N2O2S. The van der Waals surface area contributed by atoms with Crippen molar-refractivity contribution in [3.63, 3.8) is 0 Å². The van der Waals surface area contributed by atoms with Crippen LogP contribution in [0.25, 0.3) is 0 Å². The van der Waals surface area contributed by atoms with Crippen LogP contribution in [0.15, 0.2) is 24.3 Å². The lowest BCUT2D eigenvalue weighted by atomic mass is 9.80. The summed E-state index contributed by atoms with van der Waals surface area (Å²) < 4.78 is 0. The van der Waals surface area contributed by atoms with E-state index in [1.165, 1.54) is 4.90 Å². The van der Waals surface area contributed by atoms with E-state index < -0.39 is 5.54 Å². The SMILES string of the molecule is CCCCC(=O)N1C(=O)C2(CCCCC2)N(c2ccc(C)cc2)C1=S. The highest BCUT2D eigenvalue weighted by Gasteiger charge is 2.57. The van der Waals surface area contributed by atoms with Crippen molar-refractivity contribution in [2.45, 2.75) is 70.8 Å². The van der Waals surface area contributed by atoms with Gasteiger partial charge < -0.3 is 4.90 Å². The summed E-state index contributed by atoms with van der Waals surface area (Å²) in [6.45, 7) is 4.08. The Kier molecular flexibility index (Phi) is 5.23. The molecule has 1 aliphatic carbocycles. The first-order chi connectivity index (χ1) is 12.0. The van der Waals surface area contributed by atoms with Gasteiger partial charge in [-0.3, -0.25) is 9.59 Å². The minimum atomic E-state index is -0.674. The normalized spacial score (nSPS) is 19.8. The first-order valence-electron chi connectivity index (χ1n) is 9.29. The predicted octanol–water partition coefficient (Wildman–Crippen LogP) is 4.35. The average Bonchev–Trinajstić information content (AvgIpc) is 2.82. The molecule has 1 aromatic carbocycles. The van der Waals surface area contributed by atoms with Gasteiger partial charge in [-0.25, -0.2) is 4.90 Å². The largest absolute Gasteiger partial charge is 0.303 e. The van der Waals surface area contributed by atoms with Crippen molar-refractivity contribution < 1.29 is 9.59 Å². The minimum Gasteiger partial charge on any atom is -0.303 e. The van der Waals surface area contributed by atoms with Gasteiger partial charge in [0.15, 0.2) is 5.11 Å². The molecule has 3 rings (SSSR count). The third-order valence-corrected chi connectivity index (χ3v) is 5.74. The number of carbonyl (C=O) groups is 2. The Labute approximate surface area is 155 Å². The molecule has 0 unspecified atom stereocenters. The van der Waals surface area contributed by atoms with Crippen molar-refractivity contribution in [3.8, 4) is 0 Å². The van der Waals surface area contributed by atoms with E-state index in [-0.39, 0.29) is 11.8 Å². The van der Waals surface area contributed by atoms with Crippen molar-refractivity contribution >= 4 is 34.8 Å². The van der Waals surface area contributed by atoms with Crippen molar-refractivity contribution in [2.24, 2.45) is 0 Å². The number of hydrogen-bond acceptors (Lipinski definition) is 3. The van der Waals surface area contributed by atoms with Crippen LogP contribution in [-0.4, -0.2) is 27.4 Å². The van der Waals surface area contributed by atoms with Crippen LogP contribution in [0.5, 0.6) is 0 Å². The van der Waals surface area contributed by atoms with E-state index >= 15 is 0 Å². The number of nitrogens with zero attached hydrogens (tertiary/aromatic N) is 2. The molecule has 1 spiro atoms. The molecule has 2 amide bonds. The fourth-order valence-corrected chi connectivity index (χ4v) is 4.42. The first-order valence-corrected chi connectivity index (χ1v) is 9.70. The summed E-state index contributed by atoms with van der Waals surface area (Å²) in [5, 5.41) is 0.358. The quantitative estimate of drug-likeness (QED) is 0.751. The number of rotatable bonds is 4. The van der Waals surface area contributed by atoms with Crippen molar-refractivity contribution in [1.29, 1.82) is 0 Å². The standard InChI is InChI=1S/C20H26N2O2S/c1-3-4-8-17(23)21-18(24)20(13-6-5-7-14-20)22(19(21)25)16-11-9-15(2)10-12-16/h9-12H,3-8,13-14H2,1-2H3. The second kappa shape index (κ2) is 7.24. The summed E-state index contributed by atoms with van der Waals surface area (Å²) in [6, 6.07) is 8.07. The molecule has 1 aliphatic heterocycles. The van der Waals surface area contributed by atoms with Crippen LogP contribution in [0, 0.1) is 6.92 Å². The van der Waals surface area contributed by atoms with Crippen molar-refractivity contribution in [2.75, 3.05) is 4.90 Å². The zero-order chi connectivity index (χ0) is 18.0. The predicted molar refractivity (Wildman–Crippen MR) is 103 cm³/mol. The molecule has 25 heavy (non-hydrogen) atoms. The Morgan fingerprint density at radius 2 is 1.80 bits per heavy atom. The number of aryl methyl sites for hydroxylation is 1. The van der Waals surface area contributed by atoms with E-state index in [0.29, 0.717) is 11.5 Å². The Morgan fingerprint density at radius 1 is 1.16 bits per heavy atom. The summed E-state index contributed by atoms with van der Waals surface area (Å²) in [5.41, 5.74) is 1.40. The van der Waals surface area contributed by atoms with Gasteiger partial charge in [-0.15, -0.1) is 0 Å². The van der Waals surface area contributed by atoms with Gasteiger partial charge in [0.05, 0.1) is 0 Å². The number of thiocarbonyl (C=S) groups is 1. The number of carbonyl (C=O) groups excluding carboxylic acids is 2. The summed E-state index contributed by atoms with van der Waals surface area (Å²) in [4.78, 5) is 29.3. The number of unbranched alkanes of at least 4 members (excludes halogenated alkanes) is 1. The molecule has 1 saturated heterocycles. The lowest BCUT2D eigenvalue weighted by Gasteiger charge is -2.39. The van der Waals surface area contributed by atoms with Gasteiger partial charge in [-0.2, -0.15) is 0 Å². The Bertz CT molecular complexity index is 677. The fourth-order valence-electron chi connectivity index (χ4n) is 3.96. The van der Waals surface area contributed by atoms with Crippen LogP contribution in [-0.2, 0) is 9.59 Å². The molecular weight excluding hydrogens is 332 g/mol. The number of amides is 2. The molecule has 1 aromatic rings. The van der Waals surface area contributed by atoms with Gasteiger partial charge in [0, 0.05) is 12.1 Å². The van der Waals surface area contributed by atoms with Crippen LogP contribution in [0.1, 0.15) is 63.9 Å². The topological polar surface area (TPSA) is 40.6 Å². The number of anilines is 1. The molecule has 0 radical (unpaired) electrons. The monoisotopic (exact) mass is 358 g/mol. The van der Waals surface area contributed by atoms with Gasteiger partial charge in [0.1, 0.15) is 5.54 Å². The number of hydrogen-bond donors (Lipinski definition) is 0. The maximum atomic E-state index is 13.3. The average molecular weight is 359 g/mol. The molecule has 2 fully saturated rings. The lowest BCUT2D eigenvalue weighted by Crippen LogP contribution is -2.51. The van der Waals surface area contributed by atoms with Crippen molar-refractivity contribution in [3.05, 3.63) is 29.8 Å². The molecule has 0 atom stereocenters. The molecule has 4 nitrogen and oxygen atoms in total. The van der Waals surface area contributed by atoms with E-state index in [2.05, 4.69) is 0 Å². The highest BCUT2D eigenvalue weighted by molar-refractivity contribution is 7.80. The van der Waals surface area contributed by atoms with Gasteiger partial charge in [-0.1, -0.05) is 50.3 Å². The second-order valence-electron chi connectivity index (χ2n) is 7.18. The van der Waals surface area contributed by atoms with Crippen LogP contribution in [0.4, 0.5) is 5.69 Å². The molecule has 2 aliphatic rings. The Morgan fingerprint density at radius 3 is 2.40 bits per heavy atom. The van der Waals surface area contributed by atoms with Crippen LogP contribution < -0.4 is 4.90 Å². The van der Waals surface area contributed by atoms with E-state index in [4.69, 9.17) is 12.2 Å². The molecule has 1 heterocycles. The minimum absolute atomic E-state index is 0.112. The molecule has 0 N–H and O–H groups in total. The maximum absolute atomic E-state index is 13.3. The second-order valence-corrected chi connectivity index (χ2v) is 7.55. The zero-order valence-electron chi connectivity index (χ0n) is 15.1. The smallest absolute Gasteiger partial charge is 0.261 e. The molecule has 134 valence electrons. The summed E-state index contributed by atoms with van der Waals surface area (Å²) >= 11 is 5.64. The van der Waals surface area contributed by atoms with Crippen molar-refractivity contribution in [1.82, 2.24) is 4.90 Å². The molecule has 0 bridgehead atoms. The molecule has 5 heteroatoms. The van der Waals surface area contributed by atoms with Gasteiger partial charge in [0.2, 0.25) is 5.91 Å². The van der Waals surface area contributed by atoms with Crippen LogP contribution in [0.2, 0.25) is 0 Å². The van der Waals surface area contributed by atoms with E-state index in [9.17, 15) is 9.59 Å². The number of imide groups is 1. The first kappa shape index (κ1) is 18.1. The highest BCUT2D eigenvalue weighted by atomic mass is 32.1. The molecule has 1 saturated carbocycles. The zero-order valence-corrected chi connectivity index (χ0v) is 15.9. The lowest BCUT2D eigenvalue weighted by molar-refractivity contribution is -0.141. The third kappa shape index (κ3) is 3.10. The van der Waals surface area contributed by atoms with Gasteiger partial charge in [-0.05, 0) is 50.5 Å².